The molecule has 0 aromatic heterocycles. The van der Waals surface area contributed by atoms with Crippen molar-refractivity contribution in [3.05, 3.63) is 11.6 Å². The first kappa shape index (κ1) is 7.71. The van der Waals surface area contributed by atoms with E-state index >= 15 is 0 Å². The summed E-state index contributed by atoms with van der Waals surface area (Å²) in [4.78, 5) is 22.7. The van der Waals surface area contributed by atoms with Gasteiger partial charge in [0.25, 0.3) is 0 Å². The molecule has 0 unspecified atom stereocenters. The van der Waals surface area contributed by atoms with Crippen molar-refractivity contribution in [1.29, 1.82) is 0 Å². The highest BCUT2D eigenvalue weighted by atomic mass is 16.1. The zero-order chi connectivity index (χ0) is 8.77. The van der Waals surface area contributed by atoms with Crippen LogP contribution in [0.15, 0.2) is 11.6 Å². The van der Waals surface area contributed by atoms with E-state index in [1.165, 1.54) is 0 Å². The summed E-state index contributed by atoms with van der Waals surface area (Å²) in [5, 5.41) is 0. The third-order valence-electron chi connectivity index (χ3n) is 3.04. The van der Waals surface area contributed by atoms with Crippen LogP contribution in [0.5, 0.6) is 0 Å². The van der Waals surface area contributed by atoms with E-state index in [9.17, 15) is 9.59 Å². The molecule has 1 atom stereocenters. The van der Waals surface area contributed by atoms with E-state index in [2.05, 4.69) is 0 Å². The predicted octanol–water partition coefficient (Wildman–Crippen LogP) is 1.64. The van der Waals surface area contributed by atoms with Crippen molar-refractivity contribution in [1.82, 2.24) is 0 Å². The van der Waals surface area contributed by atoms with Crippen LogP contribution in [0.3, 0.4) is 0 Å². The van der Waals surface area contributed by atoms with E-state index in [0.29, 0.717) is 12.8 Å². The molecule has 2 heteroatoms. The summed E-state index contributed by atoms with van der Waals surface area (Å²) in [5.74, 6) is 0.383. The van der Waals surface area contributed by atoms with Gasteiger partial charge in [-0.15, -0.1) is 0 Å². The van der Waals surface area contributed by atoms with Gasteiger partial charge in [0, 0.05) is 12.8 Å². The summed E-state index contributed by atoms with van der Waals surface area (Å²) >= 11 is 0. The Bertz CT molecular complexity index is 288. The lowest BCUT2D eigenvalue weighted by Gasteiger charge is -2.29. The third kappa shape index (κ3) is 0.872. The van der Waals surface area contributed by atoms with Gasteiger partial charge in [-0.25, -0.2) is 0 Å². The summed E-state index contributed by atoms with van der Waals surface area (Å²) < 4.78 is 0. The summed E-state index contributed by atoms with van der Waals surface area (Å²) in [5.41, 5.74) is 0.666. The first-order valence-electron chi connectivity index (χ1n) is 4.40. The van der Waals surface area contributed by atoms with Gasteiger partial charge < -0.3 is 0 Å². The molecule has 1 fully saturated rings. The maximum absolute atomic E-state index is 11.6. The standard InChI is InChI=1S/C10H12O2/c1-10-6-8(11)5-7(10)3-2-4-9(10)12/h5H,2-4,6H2,1H3/t10-/m1/s1. The minimum Gasteiger partial charge on any atom is -0.299 e. The summed E-state index contributed by atoms with van der Waals surface area (Å²) in [6.45, 7) is 1.91. The predicted molar refractivity (Wildman–Crippen MR) is 44.7 cm³/mol. The summed E-state index contributed by atoms with van der Waals surface area (Å²) in [6, 6.07) is 0. The number of hydrogen-bond donors (Lipinski definition) is 0. The minimum atomic E-state index is -0.407. The smallest absolute Gasteiger partial charge is 0.156 e. The van der Waals surface area contributed by atoms with Crippen LogP contribution in [0.25, 0.3) is 0 Å². The van der Waals surface area contributed by atoms with Crippen molar-refractivity contribution in [2.24, 2.45) is 5.41 Å². The summed E-state index contributed by atoms with van der Waals surface area (Å²) in [7, 11) is 0. The fraction of sp³-hybridized carbons (Fsp3) is 0.600. The molecule has 1 saturated carbocycles. The van der Waals surface area contributed by atoms with Crippen LogP contribution >= 0.6 is 0 Å². The lowest BCUT2D eigenvalue weighted by molar-refractivity contribution is -0.129. The molecule has 0 radical (unpaired) electrons. The highest BCUT2D eigenvalue weighted by Crippen LogP contribution is 2.44. The molecule has 2 nitrogen and oxygen atoms in total. The number of hydrogen-bond acceptors (Lipinski definition) is 2. The van der Waals surface area contributed by atoms with E-state index < -0.39 is 5.41 Å². The topological polar surface area (TPSA) is 34.1 Å². The molecule has 0 amide bonds. The quantitative estimate of drug-likeness (QED) is 0.545. The van der Waals surface area contributed by atoms with Crippen molar-refractivity contribution in [3.8, 4) is 0 Å². The monoisotopic (exact) mass is 164 g/mol. The Labute approximate surface area is 71.6 Å². The van der Waals surface area contributed by atoms with Gasteiger partial charge in [0.15, 0.2) is 5.78 Å². The molecule has 0 N–H and O–H groups in total. The molecule has 0 spiro atoms. The van der Waals surface area contributed by atoms with Gasteiger partial charge in [-0.3, -0.25) is 9.59 Å². The number of carbonyl (C=O) groups excluding carboxylic acids is 2. The van der Waals surface area contributed by atoms with Crippen molar-refractivity contribution in [2.75, 3.05) is 0 Å². The van der Waals surface area contributed by atoms with Gasteiger partial charge in [-0.1, -0.05) is 5.57 Å². The van der Waals surface area contributed by atoms with E-state index in [1.54, 1.807) is 6.08 Å². The zero-order valence-electron chi connectivity index (χ0n) is 7.22. The van der Waals surface area contributed by atoms with Crippen molar-refractivity contribution < 1.29 is 9.59 Å². The number of Topliss-reactive ketones (excluding diaryl/α,β-unsaturated/α-hetero) is 1. The molecule has 2 aliphatic carbocycles. The van der Waals surface area contributed by atoms with Crippen LogP contribution in [0.2, 0.25) is 0 Å². The van der Waals surface area contributed by atoms with Gasteiger partial charge in [-0.2, -0.15) is 0 Å². The Hall–Kier alpha value is -0.920. The number of ketones is 2. The van der Waals surface area contributed by atoms with E-state index in [-0.39, 0.29) is 11.6 Å². The van der Waals surface area contributed by atoms with Crippen LogP contribution in [0.4, 0.5) is 0 Å². The third-order valence-corrected chi connectivity index (χ3v) is 3.04. The molecule has 2 rings (SSSR count). The molecule has 0 bridgehead atoms. The van der Waals surface area contributed by atoms with Gasteiger partial charge in [0.2, 0.25) is 0 Å². The first-order valence-corrected chi connectivity index (χ1v) is 4.40. The normalized spacial score (nSPS) is 34.9. The van der Waals surface area contributed by atoms with Crippen LogP contribution in [-0.4, -0.2) is 11.6 Å². The summed E-state index contributed by atoms with van der Waals surface area (Å²) in [6.07, 6.45) is 4.61. The van der Waals surface area contributed by atoms with Crippen LogP contribution in [-0.2, 0) is 9.59 Å². The molecule has 2 aliphatic rings. The lowest BCUT2D eigenvalue weighted by atomic mass is 9.72. The molecule has 12 heavy (non-hydrogen) atoms. The average molecular weight is 164 g/mol. The Morgan fingerprint density at radius 1 is 1.33 bits per heavy atom. The van der Waals surface area contributed by atoms with Gasteiger partial charge in [0.1, 0.15) is 5.78 Å². The number of rotatable bonds is 0. The van der Waals surface area contributed by atoms with E-state index in [0.717, 1.165) is 18.4 Å². The highest BCUT2D eigenvalue weighted by molar-refractivity contribution is 6.03. The second-order valence-electron chi connectivity index (χ2n) is 3.92. The van der Waals surface area contributed by atoms with E-state index in [4.69, 9.17) is 0 Å². The molecular weight excluding hydrogens is 152 g/mol. The Morgan fingerprint density at radius 3 is 2.75 bits per heavy atom. The SMILES string of the molecule is C[C@@]12CC(=O)C=C1CCCC2=O. The first-order chi connectivity index (χ1) is 5.63. The van der Waals surface area contributed by atoms with Gasteiger partial charge in [0.05, 0.1) is 5.41 Å². The largest absolute Gasteiger partial charge is 0.299 e. The van der Waals surface area contributed by atoms with Crippen molar-refractivity contribution >= 4 is 11.6 Å². The maximum Gasteiger partial charge on any atom is 0.156 e. The average Bonchev–Trinajstić information content (AvgIpc) is 2.27. The van der Waals surface area contributed by atoms with Gasteiger partial charge in [-0.05, 0) is 25.8 Å². The minimum absolute atomic E-state index is 0.128. The number of fused-ring (bicyclic) bond motifs is 1. The van der Waals surface area contributed by atoms with E-state index in [1.807, 2.05) is 6.92 Å². The van der Waals surface area contributed by atoms with Gasteiger partial charge >= 0.3 is 0 Å². The second-order valence-corrected chi connectivity index (χ2v) is 3.92. The Kier molecular flexibility index (Phi) is 1.47. The molecule has 0 aliphatic heterocycles. The van der Waals surface area contributed by atoms with Crippen LogP contribution < -0.4 is 0 Å². The molecular formula is C10H12O2. The Morgan fingerprint density at radius 2 is 2.08 bits per heavy atom. The molecule has 0 heterocycles. The zero-order valence-corrected chi connectivity index (χ0v) is 7.22. The van der Waals surface area contributed by atoms with Crippen molar-refractivity contribution in [3.63, 3.8) is 0 Å². The molecule has 0 saturated heterocycles. The molecule has 0 aromatic carbocycles. The molecule has 64 valence electrons. The number of allylic oxidation sites excluding steroid dienone is 2. The van der Waals surface area contributed by atoms with Crippen molar-refractivity contribution in [2.45, 2.75) is 32.6 Å². The number of carbonyl (C=O) groups is 2. The second kappa shape index (κ2) is 2.28. The van der Waals surface area contributed by atoms with Crippen LogP contribution in [0.1, 0.15) is 32.6 Å². The maximum atomic E-state index is 11.6. The Balaban J connectivity index is 2.40. The highest BCUT2D eigenvalue weighted by Gasteiger charge is 2.44. The van der Waals surface area contributed by atoms with Crippen LogP contribution in [0, 0.1) is 5.41 Å². The molecule has 0 aromatic rings. The lowest BCUT2D eigenvalue weighted by Crippen LogP contribution is -2.31. The fourth-order valence-electron chi connectivity index (χ4n) is 2.21. The fourth-order valence-corrected chi connectivity index (χ4v) is 2.21.